The van der Waals surface area contributed by atoms with Crippen molar-refractivity contribution >= 4 is 28.3 Å². The molecule has 0 radical (unpaired) electrons. The summed E-state index contributed by atoms with van der Waals surface area (Å²) in [5.74, 6) is -0.385. The third kappa shape index (κ3) is 4.23. The Labute approximate surface area is 156 Å². The lowest BCUT2D eigenvalue weighted by molar-refractivity contribution is -0.121. The molecule has 0 aliphatic carbocycles. The molecule has 0 bridgehead atoms. The van der Waals surface area contributed by atoms with Gasteiger partial charge in [-0.05, 0) is 55.0 Å². The maximum atomic E-state index is 12.2. The van der Waals surface area contributed by atoms with E-state index in [-0.39, 0.29) is 17.7 Å². The van der Waals surface area contributed by atoms with Crippen molar-refractivity contribution in [3.05, 3.63) is 57.2 Å². The number of nitrogens with one attached hydrogen (secondary N) is 1. The number of likely N-dealkylation sites (N-methyl/N-ethyl adjacent to an activating group) is 1. The quantitative estimate of drug-likeness (QED) is 0.659. The van der Waals surface area contributed by atoms with E-state index in [1.165, 1.54) is 5.56 Å². The topological polar surface area (TPSA) is 67.5 Å². The molecule has 26 heavy (non-hydrogen) atoms. The van der Waals surface area contributed by atoms with Gasteiger partial charge < -0.3 is 14.6 Å². The Hall–Kier alpha value is -2.38. The number of aromatic nitrogens is 1. The lowest BCUT2D eigenvalue weighted by atomic mass is 10.1. The summed E-state index contributed by atoms with van der Waals surface area (Å²) in [6.07, 6.45) is 0.954. The Morgan fingerprint density at radius 1 is 1.31 bits per heavy atom. The molecule has 1 amide bonds. The molecule has 0 aliphatic heterocycles. The minimum absolute atomic E-state index is 0.00655. The molecule has 1 atom stereocenters. The van der Waals surface area contributed by atoms with Crippen LogP contribution in [0, 0.1) is 0 Å². The van der Waals surface area contributed by atoms with E-state index in [1.54, 1.807) is 22.0 Å². The Bertz CT molecular complexity index is 912. The van der Waals surface area contributed by atoms with Crippen molar-refractivity contribution in [2.24, 2.45) is 0 Å². The maximum absolute atomic E-state index is 12.2. The van der Waals surface area contributed by atoms with Crippen molar-refractivity contribution in [3.63, 3.8) is 0 Å². The summed E-state index contributed by atoms with van der Waals surface area (Å²) in [7, 11) is 4.01. The van der Waals surface area contributed by atoms with E-state index in [4.69, 9.17) is 4.42 Å². The molecule has 1 N–H and O–H groups in total. The van der Waals surface area contributed by atoms with Gasteiger partial charge in [0, 0.05) is 19.5 Å². The molecular weight excluding hydrogens is 350 g/mol. The minimum Gasteiger partial charge on any atom is -0.408 e. The van der Waals surface area contributed by atoms with Crippen LogP contribution in [0.15, 0.2) is 50.3 Å². The van der Waals surface area contributed by atoms with Crippen molar-refractivity contribution in [1.82, 2.24) is 14.8 Å². The van der Waals surface area contributed by atoms with E-state index >= 15 is 0 Å². The fourth-order valence-corrected chi connectivity index (χ4v) is 3.69. The van der Waals surface area contributed by atoms with E-state index in [1.807, 2.05) is 37.7 Å². The first-order chi connectivity index (χ1) is 12.6. The van der Waals surface area contributed by atoms with Crippen molar-refractivity contribution < 1.29 is 9.21 Å². The molecule has 7 heteroatoms. The fourth-order valence-electron chi connectivity index (χ4n) is 2.99. The Morgan fingerprint density at radius 2 is 2.12 bits per heavy atom. The SMILES string of the molecule is CN(C)C(CNC(=O)CCCn1c(=O)oc2ccccc21)c1ccsc1. The molecular formula is C19H23N3O3S. The van der Waals surface area contributed by atoms with Gasteiger partial charge in [-0.15, -0.1) is 0 Å². The molecule has 2 heterocycles. The van der Waals surface area contributed by atoms with Gasteiger partial charge >= 0.3 is 5.76 Å². The molecule has 3 aromatic rings. The van der Waals surface area contributed by atoms with Crippen molar-refractivity contribution in [1.29, 1.82) is 0 Å². The van der Waals surface area contributed by atoms with Crippen LogP contribution in [-0.2, 0) is 11.3 Å². The van der Waals surface area contributed by atoms with E-state index in [0.29, 0.717) is 31.5 Å². The van der Waals surface area contributed by atoms with Gasteiger partial charge in [-0.25, -0.2) is 4.79 Å². The van der Waals surface area contributed by atoms with Crippen LogP contribution in [-0.4, -0.2) is 36.0 Å². The minimum atomic E-state index is -0.378. The third-order valence-electron chi connectivity index (χ3n) is 4.40. The molecule has 2 aromatic heterocycles. The number of carbonyl (C=O) groups excluding carboxylic acids is 1. The summed E-state index contributed by atoms with van der Waals surface area (Å²) in [6.45, 7) is 1.03. The third-order valence-corrected chi connectivity index (χ3v) is 5.10. The number of carbonyl (C=O) groups is 1. The second-order valence-electron chi connectivity index (χ2n) is 6.43. The predicted molar refractivity (Wildman–Crippen MR) is 103 cm³/mol. The number of hydrogen-bond donors (Lipinski definition) is 1. The average molecular weight is 373 g/mol. The summed E-state index contributed by atoms with van der Waals surface area (Å²) in [6, 6.07) is 9.56. The maximum Gasteiger partial charge on any atom is 0.419 e. The number of nitrogens with zero attached hydrogens (tertiary/aromatic N) is 2. The van der Waals surface area contributed by atoms with Crippen LogP contribution in [0.1, 0.15) is 24.4 Å². The van der Waals surface area contributed by atoms with Gasteiger partial charge in [0.25, 0.3) is 0 Å². The molecule has 0 fully saturated rings. The largest absolute Gasteiger partial charge is 0.419 e. The lowest BCUT2D eigenvalue weighted by Crippen LogP contribution is -2.34. The molecule has 3 rings (SSSR count). The number of thiophene rings is 1. The van der Waals surface area contributed by atoms with Crippen LogP contribution in [0.2, 0.25) is 0 Å². The second-order valence-corrected chi connectivity index (χ2v) is 7.21. The first-order valence-corrected chi connectivity index (χ1v) is 9.54. The molecule has 0 saturated carbocycles. The van der Waals surface area contributed by atoms with Crippen molar-refractivity contribution in [2.45, 2.75) is 25.4 Å². The number of amides is 1. The standard InChI is InChI=1S/C19H23N3O3S/c1-21(2)16(14-9-11-26-13-14)12-20-18(23)8-5-10-22-15-6-3-4-7-17(15)25-19(22)24/h3-4,6-7,9,11,13,16H,5,8,10,12H2,1-2H3,(H,20,23). The first kappa shape index (κ1) is 18.4. The molecule has 1 aromatic carbocycles. The fraction of sp³-hybridized carbons (Fsp3) is 0.368. The zero-order valence-electron chi connectivity index (χ0n) is 15.0. The number of oxazole rings is 1. The smallest absolute Gasteiger partial charge is 0.408 e. The number of hydrogen-bond acceptors (Lipinski definition) is 5. The summed E-state index contributed by atoms with van der Waals surface area (Å²) in [5.41, 5.74) is 2.55. The van der Waals surface area contributed by atoms with E-state index in [9.17, 15) is 9.59 Å². The second kappa shape index (κ2) is 8.33. The van der Waals surface area contributed by atoms with Crippen LogP contribution < -0.4 is 11.1 Å². The highest BCUT2D eigenvalue weighted by Gasteiger charge is 2.16. The monoisotopic (exact) mass is 373 g/mol. The molecule has 6 nitrogen and oxygen atoms in total. The van der Waals surface area contributed by atoms with Gasteiger partial charge in [-0.1, -0.05) is 12.1 Å². The van der Waals surface area contributed by atoms with Gasteiger partial charge in [0.1, 0.15) is 0 Å². The number of para-hydroxylation sites is 2. The summed E-state index contributed by atoms with van der Waals surface area (Å²) in [5, 5.41) is 7.14. The van der Waals surface area contributed by atoms with E-state index in [0.717, 1.165) is 5.52 Å². The Balaban J connectivity index is 1.51. The van der Waals surface area contributed by atoms with Gasteiger partial charge in [0.05, 0.1) is 11.6 Å². The van der Waals surface area contributed by atoms with Crippen LogP contribution >= 0.6 is 11.3 Å². The van der Waals surface area contributed by atoms with E-state index in [2.05, 4.69) is 21.7 Å². The zero-order chi connectivity index (χ0) is 18.5. The van der Waals surface area contributed by atoms with Gasteiger partial charge in [0.15, 0.2) is 5.58 Å². The number of benzene rings is 1. The Morgan fingerprint density at radius 3 is 2.85 bits per heavy atom. The molecule has 0 saturated heterocycles. The van der Waals surface area contributed by atoms with Crippen molar-refractivity contribution in [2.75, 3.05) is 20.6 Å². The predicted octanol–water partition coefficient (Wildman–Crippen LogP) is 2.86. The van der Waals surface area contributed by atoms with Crippen LogP contribution in [0.25, 0.3) is 11.1 Å². The molecule has 0 aliphatic rings. The number of rotatable bonds is 8. The highest BCUT2D eigenvalue weighted by molar-refractivity contribution is 7.07. The average Bonchev–Trinajstić information content (AvgIpc) is 3.23. The van der Waals surface area contributed by atoms with E-state index < -0.39 is 0 Å². The van der Waals surface area contributed by atoms with Crippen LogP contribution in [0.5, 0.6) is 0 Å². The summed E-state index contributed by atoms with van der Waals surface area (Å²) in [4.78, 5) is 26.2. The zero-order valence-corrected chi connectivity index (χ0v) is 15.8. The van der Waals surface area contributed by atoms with Gasteiger partial charge in [-0.3, -0.25) is 9.36 Å². The summed E-state index contributed by atoms with van der Waals surface area (Å²) >= 11 is 1.65. The molecule has 0 spiro atoms. The number of aryl methyl sites for hydroxylation is 1. The van der Waals surface area contributed by atoms with Crippen LogP contribution in [0.3, 0.4) is 0 Å². The number of fused-ring (bicyclic) bond motifs is 1. The lowest BCUT2D eigenvalue weighted by Gasteiger charge is -2.24. The first-order valence-electron chi connectivity index (χ1n) is 8.60. The van der Waals surface area contributed by atoms with Gasteiger partial charge in [-0.2, -0.15) is 11.3 Å². The van der Waals surface area contributed by atoms with Crippen LogP contribution in [0.4, 0.5) is 0 Å². The van der Waals surface area contributed by atoms with Gasteiger partial charge in [0.2, 0.25) is 5.91 Å². The highest BCUT2D eigenvalue weighted by atomic mass is 32.1. The van der Waals surface area contributed by atoms with Crippen molar-refractivity contribution in [3.8, 4) is 0 Å². The summed E-state index contributed by atoms with van der Waals surface area (Å²) < 4.78 is 6.79. The normalized spacial score (nSPS) is 12.6. The highest BCUT2D eigenvalue weighted by Crippen LogP contribution is 2.20. The molecule has 1 unspecified atom stereocenters. The molecule has 138 valence electrons. The Kier molecular flexibility index (Phi) is 5.90.